The van der Waals surface area contributed by atoms with Crippen molar-refractivity contribution in [1.82, 2.24) is 15.0 Å². The van der Waals surface area contributed by atoms with Crippen LogP contribution >= 0.6 is 0 Å². The van der Waals surface area contributed by atoms with Crippen molar-refractivity contribution >= 4 is 22.1 Å². The van der Waals surface area contributed by atoms with Gasteiger partial charge in [0, 0.05) is 33.5 Å². The molecule has 0 atom stereocenters. The van der Waals surface area contributed by atoms with Crippen LogP contribution in [0, 0.1) is 6.07 Å². The summed E-state index contributed by atoms with van der Waals surface area (Å²) in [4.78, 5) is 14.5. The first-order chi connectivity index (χ1) is 20.6. The Balaban J connectivity index is 0.00000400. The predicted molar refractivity (Wildman–Crippen MR) is 180 cm³/mol. The van der Waals surface area contributed by atoms with Gasteiger partial charge in [-0.15, -0.1) is 35.4 Å². The van der Waals surface area contributed by atoms with Crippen LogP contribution in [0.5, 0.6) is 5.75 Å². The maximum atomic E-state index is 10.9. The van der Waals surface area contributed by atoms with E-state index < -0.39 is 0 Å². The summed E-state index contributed by atoms with van der Waals surface area (Å²) in [6.07, 6.45) is 3.73. The van der Waals surface area contributed by atoms with E-state index in [4.69, 9.17) is 19.4 Å². The first kappa shape index (κ1) is 32.6. The van der Waals surface area contributed by atoms with Crippen molar-refractivity contribution in [2.45, 2.75) is 78.6 Å². The molecule has 6 rings (SSSR count). The van der Waals surface area contributed by atoms with Crippen molar-refractivity contribution in [3.8, 4) is 39.5 Å². The maximum Gasteiger partial charge on any atom is 0.230 e. The summed E-state index contributed by atoms with van der Waals surface area (Å²) in [5.41, 5.74) is 10.6. The number of fused-ring (bicyclic) bond motifs is 2. The second-order valence-electron chi connectivity index (χ2n) is 14.8. The van der Waals surface area contributed by atoms with Crippen LogP contribution in [0.3, 0.4) is 0 Å². The van der Waals surface area contributed by atoms with Gasteiger partial charge in [0.2, 0.25) is 5.89 Å². The summed E-state index contributed by atoms with van der Waals surface area (Å²) in [6, 6.07) is 23.9. The van der Waals surface area contributed by atoms with Gasteiger partial charge in [-0.25, -0.2) is 4.98 Å². The fraction of sp³-hybridized carbons (Fsp3) is 0.308. The van der Waals surface area contributed by atoms with E-state index in [2.05, 4.69) is 105 Å². The molecule has 0 radical (unpaired) electrons. The third-order valence-electron chi connectivity index (χ3n) is 8.26. The molecule has 3 aromatic heterocycles. The molecule has 0 bridgehead atoms. The Morgan fingerprint density at radius 1 is 0.622 bits per heavy atom. The molecule has 0 saturated carbocycles. The molecule has 0 fully saturated rings. The van der Waals surface area contributed by atoms with Crippen LogP contribution in [-0.4, -0.2) is 20.1 Å². The third kappa shape index (κ3) is 6.20. The van der Waals surface area contributed by atoms with Crippen LogP contribution in [0.15, 0.2) is 77.5 Å². The average Bonchev–Trinajstić information content (AvgIpc) is 3.39. The van der Waals surface area contributed by atoms with E-state index in [1.807, 2.05) is 30.6 Å². The molecule has 0 amide bonds. The number of oxazole rings is 1. The van der Waals surface area contributed by atoms with Gasteiger partial charge in [0.25, 0.3) is 0 Å². The first-order valence-electron chi connectivity index (χ1n) is 15.2. The smallest absolute Gasteiger partial charge is 0.230 e. The van der Waals surface area contributed by atoms with Gasteiger partial charge in [-0.3, -0.25) is 9.97 Å². The molecule has 45 heavy (non-hydrogen) atoms. The fourth-order valence-corrected chi connectivity index (χ4v) is 5.61. The average molecular weight is 778 g/mol. The summed E-state index contributed by atoms with van der Waals surface area (Å²) in [5, 5.41) is 10.9. The zero-order valence-electron chi connectivity index (χ0n) is 27.4. The van der Waals surface area contributed by atoms with Gasteiger partial charge in [0.1, 0.15) is 11.3 Å². The van der Waals surface area contributed by atoms with Gasteiger partial charge in [-0.2, -0.15) is 0 Å². The number of aromatic nitrogens is 3. The normalized spacial score (nSPS) is 12.5. The number of hydrogen-bond donors (Lipinski definition) is 1. The Bertz CT molecular complexity index is 2040. The molecule has 5 nitrogen and oxygen atoms in total. The van der Waals surface area contributed by atoms with E-state index in [9.17, 15) is 5.11 Å². The molecule has 0 unspecified atom stereocenters. The molecule has 0 aliphatic rings. The Morgan fingerprint density at radius 2 is 1.24 bits per heavy atom. The third-order valence-corrected chi connectivity index (χ3v) is 8.26. The zero-order valence-corrected chi connectivity index (χ0v) is 29.7. The Labute approximate surface area is 280 Å². The summed E-state index contributed by atoms with van der Waals surface area (Å²) in [6.45, 7) is 19.6. The van der Waals surface area contributed by atoms with Gasteiger partial charge < -0.3 is 9.52 Å². The van der Waals surface area contributed by atoms with Crippen molar-refractivity contribution in [3.05, 3.63) is 95.8 Å². The second-order valence-corrected chi connectivity index (χ2v) is 14.8. The minimum Gasteiger partial charge on any atom is -0.507 e. The second kappa shape index (κ2) is 11.5. The molecule has 6 aromatic rings. The van der Waals surface area contributed by atoms with Crippen LogP contribution in [0.4, 0.5) is 0 Å². The molecule has 6 heteroatoms. The molecule has 3 aromatic carbocycles. The van der Waals surface area contributed by atoms with Gasteiger partial charge in [-0.05, 0) is 57.2 Å². The van der Waals surface area contributed by atoms with Gasteiger partial charge >= 0.3 is 0 Å². The van der Waals surface area contributed by atoms with E-state index in [0.717, 1.165) is 55.5 Å². The van der Waals surface area contributed by atoms with Crippen molar-refractivity contribution in [2.24, 2.45) is 0 Å². The van der Waals surface area contributed by atoms with Crippen molar-refractivity contribution < 1.29 is 30.6 Å². The number of rotatable bonds is 3. The summed E-state index contributed by atoms with van der Waals surface area (Å²) >= 11 is 0. The number of phenols is 1. The molecule has 234 valence electrons. The fourth-order valence-electron chi connectivity index (χ4n) is 5.61. The molecule has 0 spiro atoms. The first-order valence-corrected chi connectivity index (χ1v) is 15.2. The molecule has 0 saturated heterocycles. The Kier molecular flexibility index (Phi) is 8.33. The van der Waals surface area contributed by atoms with E-state index in [1.54, 1.807) is 6.07 Å². The number of aromatic hydroxyl groups is 1. The number of nitrogens with zero attached hydrogens (tertiary/aromatic N) is 3. The van der Waals surface area contributed by atoms with E-state index in [1.165, 1.54) is 0 Å². The van der Waals surface area contributed by atoms with E-state index in [0.29, 0.717) is 17.0 Å². The molecule has 1 N–H and O–H groups in total. The maximum absolute atomic E-state index is 10.9. The van der Waals surface area contributed by atoms with Crippen LogP contribution in [0.25, 0.3) is 55.8 Å². The van der Waals surface area contributed by atoms with Crippen LogP contribution in [-0.2, 0) is 37.3 Å². The topological polar surface area (TPSA) is 72.0 Å². The van der Waals surface area contributed by atoms with Crippen LogP contribution in [0.2, 0.25) is 0 Å². The van der Waals surface area contributed by atoms with Crippen LogP contribution < -0.4 is 0 Å². The standard InChI is InChI=1S/C39H40N3O2.Pt/c1-37(2,3)25-13-14-31(43)29(20-25)36-42-33-28(21-26(38(4,5)6)22-32(33)44-36)24-12-10-11-23(19-24)27-15-17-41-35-30(39(7,8)9)16-18-40-34(27)35;/h10-18,20-22,43H,1-9H3;/q-1;. The SMILES string of the molecule is CC(C)(C)c1ccc(O)c(-c2nc3c(-c4[c-]c(-c5ccnc6c(C(C)(C)C)ccnc56)ccc4)cc(C(C)(C)C)cc3o2)c1.[Pt]. The molecule has 0 aliphatic carbocycles. The predicted octanol–water partition coefficient (Wildman–Crippen LogP) is 10.2. The Morgan fingerprint density at radius 3 is 1.91 bits per heavy atom. The van der Waals surface area contributed by atoms with Crippen molar-refractivity contribution in [3.63, 3.8) is 0 Å². The number of benzene rings is 3. The van der Waals surface area contributed by atoms with Crippen molar-refractivity contribution in [1.29, 1.82) is 0 Å². The summed E-state index contributed by atoms with van der Waals surface area (Å²) in [7, 11) is 0. The van der Waals surface area contributed by atoms with Crippen molar-refractivity contribution in [2.75, 3.05) is 0 Å². The molecule has 0 aliphatic heterocycles. The van der Waals surface area contributed by atoms with Gasteiger partial charge in [0.15, 0.2) is 0 Å². The quantitative estimate of drug-likeness (QED) is 0.181. The molecular weight excluding hydrogens is 738 g/mol. The minimum absolute atomic E-state index is 0. The minimum atomic E-state index is -0.129. The largest absolute Gasteiger partial charge is 0.507 e. The summed E-state index contributed by atoms with van der Waals surface area (Å²) in [5.74, 6) is 0.536. The van der Waals surface area contributed by atoms with Gasteiger partial charge in [-0.1, -0.05) is 91.6 Å². The van der Waals surface area contributed by atoms with Crippen LogP contribution in [0.1, 0.15) is 79.0 Å². The number of hydrogen-bond acceptors (Lipinski definition) is 5. The van der Waals surface area contributed by atoms with E-state index in [-0.39, 0.29) is 43.1 Å². The molecule has 3 heterocycles. The number of pyridine rings is 2. The monoisotopic (exact) mass is 777 g/mol. The van der Waals surface area contributed by atoms with Gasteiger partial charge in [0.05, 0.1) is 22.1 Å². The Hall–Kier alpha value is -3.82. The zero-order chi connectivity index (χ0) is 31.6. The van der Waals surface area contributed by atoms with E-state index >= 15 is 0 Å². The number of phenolic OH excluding ortho intramolecular Hbond substituents is 1. The molecular formula is C39H40N3O2Pt-. The summed E-state index contributed by atoms with van der Waals surface area (Å²) < 4.78 is 6.41.